The number of aliphatic imine (C=N–C) groups is 1. The second-order valence-corrected chi connectivity index (χ2v) is 6.46. The van der Waals surface area contributed by atoms with Crippen LogP contribution in [0, 0.1) is 6.92 Å². The van der Waals surface area contributed by atoms with Crippen molar-refractivity contribution in [3.8, 4) is 11.5 Å². The zero-order chi connectivity index (χ0) is 17.8. The molecule has 3 rings (SSSR count). The Hall–Kier alpha value is -2.73. The molecule has 0 aromatic heterocycles. The molecule has 1 saturated heterocycles. The van der Waals surface area contributed by atoms with E-state index in [0.717, 1.165) is 5.56 Å². The van der Waals surface area contributed by atoms with Gasteiger partial charge in [-0.2, -0.15) is 0 Å². The number of nitrogens with one attached hydrogen (secondary N) is 1. The van der Waals surface area contributed by atoms with Gasteiger partial charge in [-0.3, -0.25) is 4.79 Å². The SMILES string of the molecule is COc1ccc(N=C2NC(=O)/C(=C/c3ccc(C)cc3)S2)c(OC)c1. The van der Waals surface area contributed by atoms with Crippen LogP contribution in [0.25, 0.3) is 6.08 Å². The molecule has 25 heavy (non-hydrogen) atoms. The third-order valence-corrected chi connectivity index (χ3v) is 4.54. The van der Waals surface area contributed by atoms with E-state index in [4.69, 9.17) is 9.47 Å². The first kappa shape index (κ1) is 17.1. The minimum atomic E-state index is -0.156. The van der Waals surface area contributed by atoms with E-state index in [2.05, 4.69) is 10.3 Å². The highest BCUT2D eigenvalue weighted by Crippen LogP contribution is 2.34. The molecule has 0 bridgehead atoms. The van der Waals surface area contributed by atoms with Gasteiger partial charge < -0.3 is 14.8 Å². The van der Waals surface area contributed by atoms with Crippen LogP contribution >= 0.6 is 11.8 Å². The van der Waals surface area contributed by atoms with Gasteiger partial charge >= 0.3 is 0 Å². The third kappa shape index (κ3) is 4.03. The maximum atomic E-state index is 12.2. The molecule has 0 aliphatic carbocycles. The number of benzene rings is 2. The van der Waals surface area contributed by atoms with E-state index >= 15 is 0 Å². The number of aryl methyl sites for hydroxylation is 1. The maximum absolute atomic E-state index is 12.2. The number of nitrogens with zero attached hydrogens (tertiary/aromatic N) is 1. The second kappa shape index (κ2) is 7.44. The Labute approximate surface area is 150 Å². The summed E-state index contributed by atoms with van der Waals surface area (Å²) < 4.78 is 10.5. The van der Waals surface area contributed by atoms with Crippen molar-refractivity contribution in [1.82, 2.24) is 5.32 Å². The summed E-state index contributed by atoms with van der Waals surface area (Å²) in [6.07, 6.45) is 1.85. The Kier molecular flexibility index (Phi) is 5.09. The lowest BCUT2D eigenvalue weighted by atomic mass is 10.1. The van der Waals surface area contributed by atoms with Gasteiger partial charge in [-0.1, -0.05) is 29.8 Å². The lowest BCUT2D eigenvalue weighted by molar-refractivity contribution is -0.115. The molecule has 5 nitrogen and oxygen atoms in total. The Balaban J connectivity index is 1.85. The van der Waals surface area contributed by atoms with Crippen LogP contribution in [0.1, 0.15) is 11.1 Å². The first-order chi connectivity index (χ1) is 12.1. The standard InChI is InChI=1S/C19H18N2O3S/c1-12-4-6-13(7-5-12)10-17-18(22)21-19(25-17)20-15-9-8-14(23-2)11-16(15)24-3/h4-11H,1-3H3,(H,20,21,22)/b17-10-. The smallest absolute Gasteiger partial charge is 0.264 e. The summed E-state index contributed by atoms with van der Waals surface area (Å²) in [7, 11) is 3.16. The van der Waals surface area contributed by atoms with E-state index in [1.54, 1.807) is 32.4 Å². The summed E-state index contributed by atoms with van der Waals surface area (Å²) in [4.78, 5) is 17.3. The largest absolute Gasteiger partial charge is 0.497 e. The average molecular weight is 354 g/mol. The molecule has 0 saturated carbocycles. The fourth-order valence-electron chi connectivity index (χ4n) is 2.28. The highest BCUT2D eigenvalue weighted by atomic mass is 32.2. The molecular weight excluding hydrogens is 336 g/mol. The fourth-order valence-corrected chi connectivity index (χ4v) is 3.12. The van der Waals surface area contributed by atoms with Gasteiger partial charge in [-0.25, -0.2) is 4.99 Å². The number of ether oxygens (including phenoxy) is 2. The van der Waals surface area contributed by atoms with E-state index in [0.29, 0.717) is 27.3 Å². The Morgan fingerprint density at radius 1 is 1.08 bits per heavy atom. The Bertz CT molecular complexity index is 857. The quantitative estimate of drug-likeness (QED) is 0.846. The summed E-state index contributed by atoms with van der Waals surface area (Å²) >= 11 is 1.31. The molecule has 6 heteroatoms. The van der Waals surface area contributed by atoms with E-state index in [1.807, 2.05) is 37.3 Å². The van der Waals surface area contributed by atoms with Crippen molar-refractivity contribution >= 4 is 34.6 Å². The maximum Gasteiger partial charge on any atom is 0.264 e. The molecule has 0 unspecified atom stereocenters. The third-order valence-electron chi connectivity index (χ3n) is 3.63. The zero-order valence-electron chi connectivity index (χ0n) is 14.2. The normalized spacial score (nSPS) is 17.0. The number of methoxy groups -OCH3 is 2. The van der Waals surface area contributed by atoms with Crippen LogP contribution in [0.5, 0.6) is 11.5 Å². The molecule has 1 heterocycles. The number of amides is 1. The van der Waals surface area contributed by atoms with E-state index in [-0.39, 0.29) is 5.91 Å². The molecule has 2 aromatic rings. The summed E-state index contributed by atoms with van der Waals surface area (Å²) in [5.41, 5.74) is 2.79. The van der Waals surface area contributed by atoms with Crippen LogP contribution in [-0.2, 0) is 4.79 Å². The predicted octanol–water partition coefficient (Wildman–Crippen LogP) is 3.90. The Morgan fingerprint density at radius 2 is 1.84 bits per heavy atom. The van der Waals surface area contributed by atoms with Crippen LogP contribution in [0.2, 0.25) is 0 Å². The molecule has 128 valence electrons. The molecular formula is C19H18N2O3S. The first-order valence-corrected chi connectivity index (χ1v) is 8.49. The highest BCUT2D eigenvalue weighted by molar-refractivity contribution is 8.18. The number of amidine groups is 1. The van der Waals surface area contributed by atoms with Crippen molar-refractivity contribution in [3.05, 3.63) is 58.5 Å². The monoisotopic (exact) mass is 354 g/mol. The minimum Gasteiger partial charge on any atom is -0.497 e. The summed E-state index contributed by atoms with van der Waals surface area (Å²) in [6, 6.07) is 13.3. The number of thioether (sulfide) groups is 1. The molecule has 0 spiro atoms. The lowest BCUT2D eigenvalue weighted by Gasteiger charge is -2.07. The molecule has 0 radical (unpaired) electrons. The van der Waals surface area contributed by atoms with Crippen LogP contribution < -0.4 is 14.8 Å². The van der Waals surface area contributed by atoms with Crippen LogP contribution in [0.4, 0.5) is 5.69 Å². The first-order valence-electron chi connectivity index (χ1n) is 7.67. The Morgan fingerprint density at radius 3 is 2.52 bits per heavy atom. The summed E-state index contributed by atoms with van der Waals surface area (Å²) in [5.74, 6) is 1.11. The van der Waals surface area contributed by atoms with E-state index in [1.165, 1.54) is 17.3 Å². The zero-order valence-corrected chi connectivity index (χ0v) is 15.0. The molecule has 0 atom stereocenters. The number of carbonyl (C=O) groups is 1. The summed E-state index contributed by atoms with van der Waals surface area (Å²) in [5, 5.41) is 3.30. The van der Waals surface area contributed by atoms with Crippen molar-refractivity contribution in [2.45, 2.75) is 6.92 Å². The van der Waals surface area contributed by atoms with Crippen molar-refractivity contribution in [1.29, 1.82) is 0 Å². The van der Waals surface area contributed by atoms with Gasteiger partial charge in [0.1, 0.15) is 17.2 Å². The van der Waals surface area contributed by atoms with Crippen LogP contribution in [-0.4, -0.2) is 25.3 Å². The molecule has 1 aliphatic heterocycles. The van der Waals surface area contributed by atoms with Gasteiger partial charge in [0.15, 0.2) is 5.17 Å². The second-order valence-electron chi connectivity index (χ2n) is 5.43. The number of rotatable bonds is 4. The van der Waals surface area contributed by atoms with E-state index in [9.17, 15) is 4.79 Å². The average Bonchev–Trinajstić information content (AvgIpc) is 2.96. The molecule has 1 amide bonds. The highest BCUT2D eigenvalue weighted by Gasteiger charge is 2.24. The van der Waals surface area contributed by atoms with E-state index < -0.39 is 0 Å². The minimum absolute atomic E-state index is 0.156. The number of hydrogen-bond donors (Lipinski definition) is 1. The van der Waals surface area contributed by atoms with Gasteiger partial charge in [-0.05, 0) is 42.5 Å². The van der Waals surface area contributed by atoms with Gasteiger partial charge in [-0.15, -0.1) is 0 Å². The van der Waals surface area contributed by atoms with Crippen LogP contribution in [0.3, 0.4) is 0 Å². The lowest BCUT2D eigenvalue weighted by Crippen LogP contribution is -2.19. The molecule has 1 fully saturated rings. The fraction of sp³-hybridized carbons (Fsp3) is 0.158. The topological polar surface area (TPSA) is 59.9 Å². The molecule has 1 N–H and O–H groups in total. The van der Waals surface area contributed by atoms with Crippen molar-refractivity contribution in [2.24, 2.45) is 4.99 Å². The predicted molar refractivity (Wildman–Crippen MR) is 102 cm³/mol. The van der Waals surface area contributed by atoms with Gasteiger partial charge in [0.25, 0.3) is 5.91 Å². The number of hydrogen-bond acceptors (Lipinski definition) is 5. The number of carbonyl (C=O) groups excluding carboxylic acids is 1. The van der Waals surface area contributed by atoms with Crippen LogP contribution in [0.15, 0.2) is 52.4 Å². The molecule has 2 aromatic carbocycles. The van der Waals surface area contributed by atoms with Crippen molar-refractivity contribution in [3.63, 3.8) is 0 Å². The van der Waals surface area contributed by atoms with Crippen molar-refractivity contribution < 1.29 is 14.3 Å². The van der Waals surface area contributed by atoms with Gasteiger partial charge in [0, 0.05) is 6.07 Å². The molecule has 1 aliphatic rings. The summed E-state index contributed by atoms with van der Waals surface area (Å²) in [6.45, 7) is 2.03. The van der Waals surface area contributed by atoms with Crippen molar-refractivity contribution in [2.75, 3.05) is 14.2 Å². The van der Waals surface area contributed by atoms with Gasteiger partial charge in [0.05, 0.1) is 19.1 Å². The van der Waals surface area contributed by atoms with Gasteiger partial charge in [0.2, 0.25) is 0 Å².